The SMILES string of the molecule is Cc1ccccc1-c1n[nH]c2cccc(Br)c12. The predicted molar refractivity (Wildman–Crippen MR) is 74.0 cm³/mol. The Labute approximate surface area is 108 Å². The molecule has 0 aliphatic rings. The Morgan fingerprint density at radius 1 is 1.06 bits per heavy atom. The molecule has 0 spiro atoms. The molecule has 3 rings (SSSR count). The first-order valence-corrected chi connectivity index (χ1v) is 6.25. The zero-order valence-corrected chi connectivity index (χ0v) is 11.0. The van der Waals surface area contributed by atoms with Crippen molar-refractivity contribution in [1.82, 2.24) is 10.2 Å². The molecule has 0 atom stereocenters. The number of halogens is 1. The summed E-state index contributed by atoms with van der Waals surface area (Å²) < 4.78 is 1.07. The number of aryl methyl sites for hydroxylation is 1. The number of benzene rings is 2. The molecule has 3 heteroatoms. The standard InChI is InChI=1S/C14H11BrN2/c1-9-5-2-3-6-10(9)14-13-11(15)7-4-8-12(13)16-17-14/h2-8H,1H3,(H,16,17). The van der Waals surface area contributed by atoms with Crippen molar-refractivity contribution in [2.45, 2.75) is 6.92 Å². The first kappa shape index (κ1) is 10.5. The number of nitrogens with zero attached hydrogens (tertiary/aromatic N) is 1. The summed E-state index contributed by atoms with van der Waals surface area (Å²) in [7, 11) is 0. The van der Waals surface area contributed by atoms with Crippen LogP contribution in [0.25, 0.3) is 22.2 Å². The molecular weight excluding hydrogens is 276 g/mol. The summed E-state index contributed by atoms with van der Waals surface area (Å²) in [6, 6.07) is 14.4. The van der Waals surface area contributed by atoms with E-state index in [2.05, 4.69) is 45.2 Å². The number of nitrogens with one attached hydrogen (secondary N) is 1. The van der Waals surface area contributed by atoms with Gasteiger partial charge in [0, 0.05) is 15.4 Å². The van der Waals surface area contributed by atoms with Gasteiger partial charge in [0.1, 0.15) is 5.69 Å². The smallest absolute Gasteiger partial charge is 0.101 e. The Balaban J connectivity index is 2.36. The van der Waals surface area contributed by atoms with Gasteiger partial charge in [-0.2, -0.15) is 5.10 Å². The molecule has 84 valence electrons. The van der Waals surface area contributed by atoms with Crippen LogP contribution in [0.5, 0.6) is 0 Å². The maximum Gasteiger partial charge on any atom is 0.101 e. The van der Waals surface area contributed by atoms with Gasteiger partial charge < -0.3 is 0 Å². The third-order valence-corrected chi connectivity index (χ3v) is 3.60. The van der Waals surface area contributed by atoms with Crippen LogP contribution in [0.15, 0.2) is 46.9 Å². The zero-order valence-electron chi connectivity index (χ0n) is 9.37. The molecule has 0 fully saturated rings. The first-order chi connectivity index (χ1) is 8.27. The Morgan fingerprint density at radius 2 is 1.88 bits per heavy atom. The van der Waals surface area contributed by atoms with E-state index in [-0.39, 0.29) is 0 Å². The van der Waals surface area contributed by atoms with Crippen molar-refractivity contribution in [3.05, 3.63) is 52.5 Å². The fourth-order valence-electron chi connectivity index (χ4n) is 2.06. The van der Waals surface area contributed by atoms with Crippen LogP contribution in [0.1, 0.15) is 5.56 Å². The minimum atomic E-state index is 1.01. The molecule has 2 nitrogen and oxygen atoms in total. The first-order valence-electron chi connectivity index (χ1n) is 5.46. The topological polar surface area (TPSA) is 28.7 Å². The molecule has 0 saturated heterocycles. The number of hydrogen-bond acceptors (Lipinski definition) is 1. The minimum Gasteiger partial charge on any atom is -0.277 e. The van der Waals surface area contributed by atoms with E-state index in [9.17, 15) is 0 Å². The van der Waals surface area contributed by atoms with Crippen molar-refractivity contribution in [2.75, 3.05) is 0 Å². The van der Waals surface area contributed by atoms with Gasteiger partial charge in [0.05, 0.1) is 5.52 Å². The van der Waals surface area contributed by atoms with Crippen molar-refractivity contribution >= 4 is 26.8 Å². The van der Waals surface area contributed by atoms with E-state index in [1.807, 2.05) is 30.3 Å². The lowest BCUT2D eigenvalue weighted by atomic mass is 10.0. The second kappa shape index (κ2) is 4.00. The van der Waals surface area contributed by atoms with E-state index in [1.54, 1.807) is 0 Å². The largest absolute Gasteiger partial charge is 0.277 e. The molecule has 3 aromatic rings. The Hall–Kier alpha value is -1.61. The number of rotatable bonds is 1. The predicted octanol–water partition coefficient (Wildman–Crippen LogP) is 4.30. The number of hydrogen-bond donors (Lipinski definition) is 1. The molecule has 0 unspecified atom stereocenters. The molecule has 1 heterocycles. The molecule has 1 N–H and O–H groups in total. The van der Waals surface area contributed by atoms with Gasteiger partial charge in [-0.3, -0.25) is 5.10 Å². The zero-order chi connectivity index (χ0) is 11.8. The number of fused-ring (bicyclic) bond motifs is 1. The van der Waals surface area contributed by atoms with Crippen LogP contribution in [0, 0.1) is 6.92 Å². The molecule has 0 radical (unpaired) electrons. The fraction of sp³-hybridized carbons (Fsp3) is 0.0714. The molecule has 1 aromatic heterocycles. The summed E-state index contributed by atoms with van der Waals surface area (Å²) in [6.45, 7) is 2.10. The van der Waals surface area contributed by atoms with Gasteiger partial charge >= 0.3 is 0 Å². The number of aromatic amines is 1. The molecule has 2 aromatic carbocycles. The average molecular weight is 287 g/mol. The summed E-state index contributed by atoms with van der Waals surface area (Å²) in [6.07, 6.45) is 0. The Morgan fingerprint density at radius 3 is 2.71 bits per heavy atom. The lowest BCUT2D eigenvalue weighted by molar-refractivity contribution is 1.12. The lowest BCUT2D eigenvalue weighted by Crippen LogP contribution is -1.83. The van der Waals surface area contributed by atoms with Crippen molar-refractivity contribution in [3.63, 3.8) is 0 Å². The van der Waals surface area contributed by atoms with E-state index >= 15 is 0 Å². The summed E-state index contributed by atoms with van der Waals surface area (Å²) in [5, 5.41) is 8.65. The van der Waals surface area contributed by atoms with Crippen LogP contribution in [-0.2, 0) is 0 Å². The average Bonchev–Trinajstić information content (AvgIpc) is 2.75. The van der Waals surface area contributed by atoms with Gasteiger partial charge in [-0.05, 0) is 24.6 Å². The normalized spacial score (nSPS) is 10.9. The van der Waals surface area contributed by atoms with Gasteiger partial charge in [0.25, 0.3) is 0 Å². The summed E-state index contributed by atoms with van der Waals surface area (Å²) in [5.74, 6) is 0. The highest BCUT2D eigenvalue weighted by atomic mass is 79.9. The van der Waals surface area contributed by atoms with Crippen LogP contribution in [0.3, 0.4) is 0 Å². The van der Waals surface area contributed by atoms with Crippen LogP contribution >= 0.6 is 15.9 Å². The fourth-order valence-corrected chi connectivity index (χ4v) is 2.62. The van der Waals surface area contributed by atoms with Crippen LogP contribution < -0.4 is 0 Å². The number of aromatic nitrogens is 2. The quantitative estimate of drug-likeness (QED) is 0.710. The maximum atomic E-state index is 4.43. The second-order valence-corrected chi connectivity index (χ2v) is 4.90. The molecule has 0 saturated carbocycles. The third-order valence-electron chi connectivity index (χ3n) is 2.94. The molecule has 0 amide bonds. The van der Waals surface area contributed by atoms with Crippen molar-refractivity contribution in [3.8, 4) is 11.3 Å². The highest BCUT2D eigenvalue weighted by molar-refractivity contribution is 9.10. The van der Waals surface area contributed by atoms with E-state index in [0.29, 0.717) is 0 Å². The molecular formula is C14H11BrN2. The minimum absolute atomic E-state index is 1.01. The lowest BCUT2D eigenvalue weighted by Gasteiger charge is -2.03. The van der Waals surface area contributed by atoms with Gasteiger partial charge in [0.15, 0.2) is 0 Å². The van der Waals surface area contributed by atoms with Crippen molar-refractivity contribution < 1.29 is 0 Å². The van der Waals surface area contributed by atoms with E-state index < -0.39 is 0 Å². The van der Waals surface area contributed by atoms with Crippen LogP contribution in [-0.4, -0.2) is 10.2 Å². The third kappa shape index (κ3) is 1.67. The maximum absolute atomic E-state index is 4.43. The molecule has 0 aliphatic heterocycles. The Bertz CT molecular complexity index is 686. The van der Waals surface area contributed by atoms with Gasteiger partial charge in [-0.15, -0.1) is 0 Å². The van der Waals surface area contributed by atoms with E-state index in [0.717, 1.165) is 21.1 Å². The highest BCUT2D eigenvalue weighted by Gasteiger charge is 2.11. The van der Waals surface area contributed by atoms with Gasteiger partial charge in [-0.1, -0.05) is 46.3 Å². The van der Waals surface area contributed by atoms with Crippen LogP contribution in [0.4, 0.5) is 0 Å². The monoisotopic (exact) mass is 286 g/mol. The summed E-state index contributed by atoms with van der Waals surface area (Å²) in [4.78, 5) is 0. The van der Waals surface area contributed by atoms with Gasteiger partial charge in [0.2, 0.25) is 0 Å². The van der Waals surface area contributed by atoms with Gasteiger partial charge in [-0.25, -0.2) is 0 Å². The van der Waals surface area contributed by atoms with Crippen molar-refractivity contribution in [1.29, 1.82) is 0 Å². The molecule has 0 bridgehead atoms. The van der Waals surface area contributed by atoms with E-state index in [4.69, 9.17) is 0 Å². The number of H-pyrrole nitrogens is 1. The molecule has 17 heavy (non-hydrogen) atoms. The van der Waals surface area contributed by atoms with E-state index in [1.165, 1.54) is 11.1 Å². The molecule has 0 aliphatic carbocycles. The highest BCUT2D eigenvalue weighted by Crippen LogP contribution is 2.33. The Kier molecular flexibility index (Phi) is 2.48. The summed E-state index contributed by atoms with van der Waals surface area (Å²) in [5.41, 5.74) is 4.46. The van der Waals surface area contributed by atoms with Crippen LogP contribution in [0.2, 0.25) is 0 Å². The second-order valence-electron chi connectivity index (χ2n) is 4.05. The van der Waals surface area contributed by atoms with Crippen molar-refractivity contribution in [2.24, 2.45) is 0 Å². The summed E-state index contributed by atoms with van der Waals surface area (Å²) >= 11 is 3.59.